The zero-order valence-electron chi connectivity index (χ0n) is 9.65. The van der Waals surface area contributed by atoms with Crippen molar-refractivity contribution in [1.82, 2.24) is 0 Å². The van der Waals surface area contributed by atoms with Crippen LogP contribution in [0.4, 0.5) is 8.78 Å². The number of aryl methyl sites for hydroxylation is 1. The standard InChI is InChI=1S/C13H16F2O/c1-3-4-5-6-13(16)10-7-9(2)11(14)8-12(10)15/h7-8H,3-6H2,1-2H3. The van der Waals surface area contributed by atoms with E-state index in [2.05, 4.69) is 0 Å². The Kier molecular flexibility index (Phi) is 4.59. The molecule has 1 aromatic carbocycles. The van der Waals surface area contributed by atoms with Crippen molar-refractivity contribution in [2.24, 2.45) is 0 Å². The molecule has 0 unspecified atom stereocenters. The van der Waals surface area contributed by atoms with Gasteiger partial charge in [-0.2, -0.15) is 0 Å². The highest BCUT2D eigenvalue weighted by atomic mass is 19.1. The number of ketones is 1. The molecule has 0 aromatic heterocycles. The molecule has 3 heteroatoms. The van der Waals surface area contributed by atoms with Crippen LogP contribution >= 0.6 is 0 Å². The summed E-state index contributed by atoms with van der Waals surface area (Å²) in [4.78, 5) is 11.6. The number of carbonyl (C=O) groups excluding carboxylic acids is 1. The number of Topliss-reactive ketones (excluding diaryl/α,β-unsaturated/α-hetero) is 1. The van der Waals surface area contributed by atoms with Gasteiger partial charge in [-0.1, -0.05) is 19.8 Å². The molecule has 0 fully saturated rings. The molecule has 1 rings (SSSR count). The SMILES string of the molecule is CCCCCC(=O)c1cc(C)c(F)cc1F. The lowest BCUT2D eigenvalue weighted by molar-refractivity contribution is 0.0975. The molecular formula is C13H16F2O. The number of halogens is 2. The van der Waals surface area contributed by atoms with Gasteiger partial charge in [0.25, 0.3) is 0 Å². The van der Waals surface area contributed by atoms with Crippen molar-refractivity contribution in [2.75, 3.05) is 0 Å². The quantitative estimate of drug-likeness (QED) is 0.547. The van der Waals surface area contributed by atoms with E-state index in [4.69, 9.17) is 0 Å². The van der Waals surface area contributed by atoms with Gasteiger partial charge in [0.2, 0.25) is 0 Å². The Hall–Kier alpha value is -1.25. The lowest BCUT2D eigenvalue weighted by Crippen LogP contribution is -2.04. The average molecular weight is 226 g/mol. The predicted molar refractivity (Wildman–Crippen MR) is 59.6 cm³/mol. The van der Waals surface area contributed by atoms with E-state index in [9.17, 15) is 13.6 Å². The topological polar surface area (TPSA) is 17.1 Å². The van der Waals surface area contributed by atoms with Gasteiger partial charge in [0.1, 0.15) is 11.6 Å². The fourth-order valence-corrected chi connectivity index (χ4v) is 1.54. The zero-order valence-corrected chi connectivity index (χ0v) is 9.65. The van der Waals surface area contributed by atoms with Crippen LogP contribution in [0, 0.1) is 18.6 Å². The Morgan fingerprint density at radius 3 is 2.50 bits per heavy atom. The highest BCUT2D eigenvalue weighted by molar-refractivity contribution is 5.96. The number of carbonyl (C=O) groups is 1. The summed E-state index contributed by atoms with van der Waals surface area (Å²) in [5.41, 5.74) is 0.315. The zero-order chi connectivity index (χ0) is 12.1. The molecule has 0 radical (unpaired) electrons. The van der Waals surface area contributed by atoms with Gasteiger partial charge < -0.3 is 0 Å². The minimum absolute atomic E-state index is 0.00926. The fourth-order valence-electron chi connectivity index (χ4n) is 1.54. The summed E-state index contributed by atoms with van der Waals surface area (Å²) in [6.45, 7) is 3.56. The monoisotopic (exact) mass is 226 g/mol. The molecule has 16 heavy (non-hydrogen) atoms. The second kappa shape index (κ2) is 5.73. The first-order valence-electron chi connectivity index (χ1n) is 5.55. The van der Waals surface area contributed by atoms with Crippen molar-refractivity contribution in [3.8, 4) is 0 Å². The van der Waals surface area contributed by atoms with E-state index in [0.29, 0.717) is 12.0 Å². The van der Waals surface area contributed by atoms with E-state index in [1.54, 1.807) is 0 Å². The number of hydrogen-bond donors (Lipinski definition) is 0. The third-order valence-corrected chi connectivity index (χ3v) is 2.56. The van der Waals surface area contributed by atoms with Gasteiger partial charge in [-0.15, -0.1) is 0 Å². The molecule has 0 aliphatic rings. The lowest BCUT2D eigenvalue weighted by atomic mass is 10.0. The molecule has 0 bridgehead atoms. The van der Waals surface area contributed by atoms with Crippen molar-refractivity contribution in [2.45, 2.75) is 39.5 Å². The Balaban J connectivity index is 2.79. The molecular weight excluding hydrogens is 210 g/mol. The van der Waals surface area contributed by atoms with Crippen LogP contribution in [-0.2, 0) is 0 Å². The maximum Gasteiger partial charge on any atom is 0.165 e. The Bertz CT molecular complexity index is 386. The van der Waals surface area contributed by atoms with E-state index in [1.807, 2.05) is 6.92 Å². The van der Waals surface area contributed by atoms with Crippen LogP contribution in [0.3, 0.4) is 0 Å². The molecule has 0 N–H and O–H groups in total. The van der Waals surface area contributed by atoms with Crippen molar-refractivity contribution in [3.63, 3.8) is 0 Å². The molecule has 0 saturated heterocycles. The summed E-state index contributed by atoms with van der Waals surface area (Å²) >= 11 is 0. The number of unbranched alkanes of at least 4 members (excludes halogenated alkanes) is 2. The molecule has 0 spiro atoms. The van der Waals surface area contributed by atoms with Gasteiger partial charge in [-0.05, 0) is 25.0 Å². The summed E-state index contributed by atoms with van der Waals surface area (Å²) in [5, 5.41) is 0. The van der Waals surface area contributed by atoms with Crippen molar-refractivity contribution >= 4 is 5.78 Å². The highest BCUT2D eigenvalue weighted by Gasteiger charge is 2.13. The third-order valence-electron chi connectivity index (χ3n) is 2.56. The number of hydrogen-bond acceptors (Lipinski definition) is 1. The first kappa shape index (κ1) is 12.8. The van der Waals surface area contributed by atoms with Crippen LogP contribution in [0.15, 0.2) is 12.1 Å². The van der Waals surface area contributed by atoms with Crippen LogP contribution in [0.25, 0.3) is 0 Å². The van der Waals surface area contributed by atoms with Crippen molar-refractivity contribution in [3.05, 3.63) is 34.9 Å². The highest BCUT2D eigenvalue weighted by Crippen LogP contribution is 2.17. The lowest BCUT2D eigenvalue weighted by Gasteiger charge is -2.04. The van der Waals surface area contributed by atoms with Gasteiger partial charge in [-0.25, -0.2) is 8.78 Å². The van der Waals surface area contributed by atoms with E-state index < -0.39 is 11.6 Å². The average Bonchev–Trinajstić information content (AvgIpc) is 2.23. The molecule has 0 heterocycles. The fraction of sp³-hybridized carbons (Fsp3) is 0.462. The normalized spacial score (nSPS) is 10.5. The summed E-state index contributed by atoms with van der Waals surface area (Å²) in [7, 11) is 0. The summed E-state index contributed by atoms with van der Waals surface area (Å²) in [6, 6.07) is 2.07. The van der Waals surface area contributed by atoms with Crippen LogP contribution in [0.2, 0.25) is 0 Å². The summed E-state index contributed by atoms with van der Waals surface area (Å²) in [6.07, 6.45) is 3.05. The van der Waals surface area contributed by atoms with E-state index >= 15 is 0 Å². The predicted octanol–water partition coefficient (Wildman–Crippen LogP) is 4.04. The van der Waals surface area contributed by atoms with Gasteiger partial charge in [0.15, 0.2) is 5.78 Å². The minimum Gasteiger partial charge on any atom is -0.294 e. The van der Waals surface area contributed by atoms with Gasteiger partial charge >= 0.3 is 0 Å². The molecule has 0 aliphatic carbocycles. The number of rotatable bonds is 5. The van der Waals surface area contributed by atoms with E-state index in [-0.39, 0.29) is 11.3 Å². The molecule has 1 aromatic rings. The van der Waals surface area contributed by atoms with Gasteiger partial charge in [-0.3, -0.25) is 4.79 Å². The molecule has 0 aliphatic heterocycles. The Morgan fingerprint density at radius 2 is 1.88 bits per heavy atom. The summed E-state index contributed by atoms with van der Waals surface area (Å²) in [5.74, 6) is -1.61. The van der Waals surface area contributed by atoms with Crippen molar-refractivity contribution in [1.29, 1.82) is 0 Å². The molecule has 0 amide bonds. The molecule has 1 nitrogen and oxygen atoms in total. The van der Waals surface area contributed by atoms with Crippen LogP contribution in [-0.4, -0.2) is 5.78 Å². The minimum atomic E-state index is -0.760. The van der Waals surface area contributed by atoms with Gasteiger partial charge in [0.05, 0.1) is 5.56 Å². The Morgan fingerprint density at radius 1 is 1.19 bits per heavy atom. The van der Waals surface area contributed by atoms with E-state index in [1.165, 1.54) is 13.0 Å². The smallest absolute Gasteiger partial charge is 0.165 e. The maximum atomic E-state index is 13.3. The van der Waals surface area contributed by atoms with E-state index in [0.717, 1.165) is 25.3 Å². The third kappa shape index (κ3) is 3.12. The maximum absolute atomic E-state index is 13.3. The second-order valence-electron chi connectivity index (χ2n) is 3.96. The molecule has 88 valence electrons. The van der Waals surface area contributed by atoms with Crippen LogP contribution in [0.5, 0.6) is 0 Å². The largest absolute Gasteiger partial charge is 0.294 e. The first-order chi connectivity index (χ1) is 7.56. The van der Waals surface area contributed by atoms with Gasteiger partial charge in [0, 0.05) is 12.5 Å². The van der Waals surface area contributed by atoms with Crippen LogP contribution < -0.4 is 0 Å². The first-order valence-corrected chi connectivity index (χ1v) is 5.55. The molecule has 0 atom stereocenters. The summed E-state index contributed by atoms with van der Waals surface area (Å²) < 4.78 is 26.3. The molecule has 0 saturated carbocycles. The van der Waals surface area contributed by atoms with Crippen LogP contribution in [0.1, 0.15) is 48.5 Å². The second-order valence-corrected chi connectivity index (χ2v) is 3.96. The Labute approximate surface area is 94.5 Å². The van der Waals surface area contributed by atoms with Crippen molar-refractivity contribution < 1.29 is 13.6 Å². The number of benzene rings is 1.